The van der Waals surface area contributed by atoms with Crippen LogP contribution in [0.1, 0.15) is 24.8 Å². The number of benzene rings is 2. The number of carbonyl (C=O) groups is 1. The van der Waals surface area contributed by atoms with E-state index in [-0.39, 0.29) is 11.8 Å². The number of methoxy groups -OCH3 is 1. The molecule has 0 aliphatic rings. The highest BCUT2D eigenvalue weighted by Crippen LogP contribution is 2.26. The average molecular weight is 327 g/mol. The molecular formula is C20H25NO3. The van der Waals surface area contributed by atoms with Gasteiger partial charge in [-0.3, -0.25) is 4.79 Å². The van der Waals surface area contributed by atoms with Crippen LogP contribution in [0.15, 0.2) is 54.6 Å². The van der Waals surface area contributed by atoms with Crippen LogP contribution in [0.4, 0.5) is 0 Å². The Kier molecular flexibility index (Phi) is 6.67. The molecule has 4 nitrogen and oxygen atoms in total. The molecule has 0 aliphatic heterocycles. The lowest BCUT2D eigenvalue weighted by Crippen LogP contribution is -2.34. The Morgan fingerprint density at radius 1 is 1.04 bits per heavy atom. The van der Waals surface area contributed by atoms with Crippen molar-refractivity contribution in [2.24, 2.45) is 0 Å². The van der Waals surface area contributed by atoms with Crippen LogP contribution in [0.5, 0.6) is 11.5 Å². The molecule has 0 spiro atoms. The molecule has 0 radical (unpaired) electrons. The Morgan fingerprint density at radius 2 is 1.67 bits per heavy atom. The molecule has 0 bridgehead atoms. The van der Waals surface area contributed by atoms with E-state index in [0.717, 1.165) is 12.0 Å². The molecule has 0 heterocycles. The first-order valence-electron chi connectivity index (χ1n) is 8.23. The SMILES string of the molecule is CCC(C(=O)N(C)CCOc1ccccc1OC)c1ccccc1. The summed E-state index contributed by atoms with van der Waals surface area (Å²) >= 11 is 0. The van der Waals surface area contributed by atoms with Gasteiger partial charge in [-0.1, -0.05) is 49.4 Å². The normalized spacial score (nSPS) is 11.6. The van der Waals surface area contributed by atoms with Gasteiger partial charge in [-0.15, -0.1) is 0 Å². The highest BCUT2D eigenvalue weighted by Gasteiger charge is 2.21. The number of carbonyl (C=O) groups excluding carboxylic acids is 1. The van der Waals surface area contributed by atoms with Crippen LogP contribution in [-0.2, 0) is 4.79 Å². The number of ether oxygens (including phenoxy) is 2. The van der Waals surface area contributed by atoms with E-state index in [2.05, 4.69) is 0 Å². The number of nitrogens with zero attached hydrogens (tertiary/aromatic N) is 1. The third-order valence-electron chi connectivity index (χ3n) is 4.04. The lowest BCUT2D eigenvalue weighted by atomic mass is 9.95. The molecule has 0 N–H and O–H groups in total. The summed E-state index contributed by atoms with van der Waals surface area (Å²) in [6, 6.07) is 17.4. The fourth-order valence-electron chi connectivity index (χ4n) is 2.65. The lowest BCUT2D eigenvalue weighted by molar-refractivity contribution is -0.131. The average Bonchev–Trinajstić information content (AvgIpc) is 2.63. The van der Waals surface area contributed by atoms with E-state index in [4.69, 9.17) is 9.47 Å². The van der Waals surface area contributed by atoms with E-state index in [9.17, 15) is 4.79 Å². The summed E-state index contributed by atoms with van der Waals surface area (Å²) in [5.74, 6) is 1.40. The maximum atomic E-state index is 12.7. The number of rotatable bonds is 8. The van der Waals surface area contributed by atoms with Crippen LogP contribution in [0.2, 0.25) is 0 Å². The molecule has 2 aromatic carbocycles. The van der Waals surface area contributed by atoms with E-state index >= 15 is 0 Å². The topological polar surface area (TPSA) is 38.8 Å². The second-order valence-electron chi connectivity index (χ2n) is 5.63. The molecular weight excluding hydrogens is 302 g/mol. The Balaban J connectivity index is 1.91. The van der Waals surface area contributed by atoms with Crippen molar-refractivity contribution in [2.75, 3.05) is 27.3 Å². The minimum Gasteiger partial charge on any atom is -0.493 e. The molecule has 2 aromatic rings. The van der Waals surface area contributed by atoms with Gasteiger partial charge >= 0.3 is 0 Å². The van der Waals surface area contributed by atoms with Gasteiger partial charge in [0.1, 0.15) is 6.61 Å². The molecule has 24 heavy (non-hydrogen) atoms. The molecule has 128 valence electrons. The summed E-state index contributed by atoms with van der Waals surface area (Å²) in [4.78, 5) is 14.4. The van der Waals surface area contributed by atoms with Crippen LogP contribution in [0, 0.1) is 0 Å². The molecule has 1 atom stereocenters. The van der Waals surface area contributed by atoms with Crippen molar-refractivity contribution in [3.63, 3.8) is 0 Å². The lowest BCUT2D eigenvalue weighted by Gasteiger charge is -2.23. The van der Waals surface area contributed by atoms with E-state index in [1.807, 2.05) is 68.6 Å². The van der Waals surface area contributed by atoms with Crippen LogP contribution in [0.3, 0.4) is 0 Å². The zero-order valence-electron chi connectivity index (χ0n) is 14.6. The van der Waals surface area contributed by atoms with Crippen molar-refractivity contribution in [1.82, 2.24) is 4.90 Å². The molecule has 1 unspecified atom stereocenters. The monoisotopic (exact) mass is 327 g/mol. The summed E-state index contributed by atoms with van der Waals surface area (Å²) in [5, 5.41) is 0. The molecule has 0 aromatic heterocycles. The Labute approximate surface area is 144 Å². The molecule has 4 heteroatoms. The van der Waals surface area contributed by atoms with Gasteiger partial charge in [-0.25, -0.2) is 0 Å². The van der Waals surface area contributed by atoms with Crippen molar-refractivity contribution in [2.45, 2.75) is 19.3 Å². The Morgan fingerprint density at radius 3 is 2.29 bits per heavy atom. The third-order valence-corrected chi connectivity index (χ3v) is 4.04. The van der Waals surface area contributed by atoms with Crippen molar-refractivity contribution in [3.05, 3.63) is 60.2 Å². The van der Waals surface area contributed by atoms with Crippen molar-refractivity contribution in [1.29, 1.82) is 0 Å². The second kappa shape index (κ2) is 8.96. The fourth-order valence-corrected chi connectivity index (χ4v) is 2.65. The molecule has 1 amide bonds. The molecule has 2 rings (SSSR count). The highest BCUT2D eigenvalue weighted by atomic mass is 16.5. The molecule has 0 saturated heterocycles. The van der Waals surface area contributed by atoms with Gasteiger partial charge in [-0.2, -0.15) is 0 Å². The van der Waals surface area contributed by atoms with E-state index in [0.29, 0.717) is 24.7 Å². The summed E-state index contributed by atoms with van der Waals surface area (Å²) in [7, 11) is 3.43. The zero-order chi connectivity index (χ0) is 17.4. The number of amides is 1. The third kappa shape index (κ3) is 4.51. The molecule has 0 fully saturated rings. The van der Waals surface area contributed by atoms with Gasteiger partial charge in [0, 0.05) is 7.05 Å². The van der Waals surface area contributed by atoms with E-state index in [1.54, 1.807) is 12.0 Å². The second-order valence-corrected chi connectivity index (χ2v) is 5.63. The zero-order valence-corrected chi connectivity index (χ0v) is 14.6. The summed E-state index contributed by atoms with van der Waals surface area (Å²) in [5.41, 5.74) is 1.06. The molecule has 0 saturated carbocycles. The van der Waals surface area contributed by atoms with Gasteiger partial charge in [0.2, 0.25) is 5.91 Å². The van der Waals surface area contributed by atoms with Crippen molar-refractivity contribution in [3.8, 4) is 11.5 Å². The smallest absolute Gasteiger partial charge is 0.229 e. The fraction of sp³-hybridized carbons (Fsp3) is 0.350. The number of hydrogen-bond acceptors (Lipinski definition) is 3. The van der Waals surface area contributed by atoms with Gasteiger partial charge < -0.3 is 14.4 Å². The predicted molar refractivity (Wildman–Crippen MR) is 95.6 cm³/mol. The maximum Gasteiger partial charge on any atom is 0.229 e. The van der Waals surface area contributed by atoms with Crippen LogP contribution in [-0.4, -0.2) is 38.1 Å². The van der Waals surface area contributed by atoms with Gasteiger partial charge in [0.15, 0.2) is 11.5 Å². The predicted octanol–water partition coefficient (Wildman–Crippen LogP) is 3.73. The first-order chi connectivity index (χ1) is 11.7. The standard InChI is InChI=1S/C20H25NO3/c1-4-17(16-10-6-5-7-11-16)20(22)21(2)14-15-24-19-13-9-8-12-18(19)23-3/h5-13,17H,4,14-15H2,1-3H3. The van der Waals surface area contributed by atoms with Crippen LogP contribution < -0.4 is 9.47 Å². The van der Waals surface area contributed by atoms with Gasteiger partial charge in [-0.05, 0) is 24.1 Å². The Bertz CT molecular complexity index is 642. The summed E-state index contributed by atoms with van der Waals surface area (Å²) in [6.45, 7) is 2.99. The van der Waals surface area contributed by atoms with E-state index in [1.165, 1.54) is 0 Å². The first kappa shape index (κ1) is 17.9. The van der Waals surface area contributed by atoms with Gasteiger partial charge in [0.05, 0.1) is 19.6 Å². The Hall–Kier alpha value is -2.49. The highest BCUT2D eigenvalue weighted by molar-refractivity contribution is 5.83. The molecule has 0 aliphatic carbocycles. The van der Waals surface area contributed by atoms with Crippen molar-refractivity contribution >= 4 is 5.91 Å². The summed E-state index contributed by atoms with van der Waals surface area (Å²) < 4.78 is 11.0. The van der Waals surface area contributed by atoms with Crippen LogP contribution in [0.25, 0.3) is 0 Å². The quantitative estimate of drug-likeness (QED) is 0.741. The first-order valence-corrected chi connectivity index (χ1v) is 8.23. The minimum atomic E-state index is -0.109. The summed E-state index contributed by atoms with van der Waals surface area (Å²) in [6.07, 6.45) is 0.778. The number of para-hydroxylation sites is 2. The number of hydrogen-bond donors (Lipinski definition) is 0. The largest absolute Gasteiger partial charge is 0.493 e. The maximum absolute atomic E-state index is 12.7. The van der Waals surface area contributed by atoms with Crippen molar-refractivity contribution < 1.29 is 14.3 Å². The number of likely N-dealkylation sites (N-methyl/N-ethyl adjacent to an activating group) is 1. The van der Waals surface area contributed by atoms with Crippen LogP contribution >= 0.6 is 0 Å². The van der Waals surface area contributed by atoms with Gasteiger partial charge in [0.25, 0.3) is 0 Å². The van der Waals surface area contributed by atoms with E-state index < -0.39 is 0 Å². The minimum absolute atomic E-state index is 0.109.